The standard InChI is InChI=1S/C7H6Br2/c1-3-7(9)5-4-6(2)8/h4-5H,1-2H2/b5-4-. The first kappa shape index (κ1) is 8.96. The van der Waals surface area contributed by atoms with Gasteiger partial charge in [0.05, 0.1) is 4.48 Å². The fourth-order valence-corrected chi connectivity index (χ4v) is 0.487. The average Bonchev–Trinajstić information content (AvgIpc) is 1.83. The van der Waals surface area contributed by atoms with Crippen molar-refractivity contribution < 1.29 is 0 Å². The van der Waals surface area contributed by atoms with E-state index >= 15 is 0 Å². The van der Waals surface area contributed by atoms with E-state index in [-0.39, 0.29) is 0 Å². The molecule has 0 rings (SSSR count). The lowest BCUT2D eigenvalue weighted by molar-refractivity contribution is 1.91. The van der Waals surface area contributed by atoms with Crippen LogP contribution in [0.15, 0.2) is 40.0 Å². The van der Waals surface area contributed by atoms with Crippen LogP contribution >= 0.6 is 31.9 Å². The monoisotopic (exact) mass is 248 g/mol. The Morgan fingerprint density at radius 3 is 2.22 bits per heavy atom. The van der Waals surface area contributed by atoms with Crippen LogP contribution in [0, 0.1) is 0 Å². The molecule has 0 spiro atoms. The zero-order chi connectivity index (χ0) is 7.28. The Hall–Kier alpha value is -0.0400. The Morgan fingerprint density at radius 2 is 1.89 bits per heavy atom. The molecule has 0 aromatic rings. The number of hydrogen-bond donors (Lipinski definition) is 0. The third kappa shape index (κ3) is 5.84. The molecule has 0 saturated carbocycles. The summed E-state index contributed by atoms with van der Waals surface area (Å²) in [5, 5.41) is 0. The molecule has 0 nitrogen and oxygen atoms in total. The highest BCUT2D eigenvalue weighted by molar-refractivity contribution is 9.12. The van der Waals surface area contributed by atoms with Gasteiger partial charge < -0.3 is 0 Å². The van der Waals surface area contributed by atoms with E-state index in [0.717, 1.165) is 8.96 Å². The molecule has 0 heterocycles. The fraction of sp³-hybridized carbons (Fsp3) is 0. The fourth-order valence-electron chi connectivity index (χ4n) is 0.223. The van der Waals surface area contributed by atoms with E-state index in [4.69, 9.17) is 0 Å². The number of halogens is 2. The Bertz CT molecular complexity index is 183. The lowest BCUT2D eigenvalue weighted by Crippen LogP contribution is -1.57. The zero-order valence-corrected chi connectivity index (χ0v) is 8.00. The maximum Gasteiger partial charge on any atom is 0.0587 e. The van der Waals surface area contributed by atoms with Gasteiger partial charge in [0, 0.05) is 4.48 Å². The SMILES string of the molecule is C=C=C(Br)/C=C\C(=C)Br. The molecule has 2 heteroatoms. The minimum Gasteiger partial charge on any atom is -0.113 e. The van der Waals surface area contributed by atoms with Crippen LogP contribution in [0.3, 0.4) is 0 Å². The summed E-state index contributed by atoms with van der Waals surface area (Å²) in [4.78, 5) is 0. The van der Waals surface area contributed by atoms with Crippen molar-refractivity contribution in [1.82, 2.24) is 0 Å². The van der Waals surface area contributed by atoms with Crippen LogP contribution in [0.2, 0.25) is 0 Å². The van der Waals surface area contributed by atoms with Crippen LogP contribution in [0.25, 0.3) is 0 Å². The number of rotatable bonds is 2. The summed E-state index contributed by atoms with van der Waals surface area (Å²) in [6.45, 7) is 7.04. The Kier molecular flexibility index (Phi) is 4.78. The van der Waals surface area contributed by atoms with Crippen LogP contribution in [0.1, 0.15) is 0 Å². The highest BCUT2D eigenvalue weighted by Gasteiger charge is 1.78. The van der Waals surface area contributed by atoms with Crippen molar-refractivity contribution in [2.45, 2.75) is 0 Å². The first-order valence-corrected chi connectivity index (χ1v) is 3.83. The molecule has 0 aromatic carbocycles. The van der Waals surface area contributed by atoms with Gasteiger partial charge in [-0.3, -0.25) is 0 Å². The molecule has 0 bridgehead atoms. The molecule has 0 aromatic heterocycles. The van der Waals surface area contributed by atoms with Gasteiger partial charge in [-0.25, -0.2) is 0 Å². The maximum atomic E-state index is 3.61. The van der Waals surface area contributed by atoms with Gasteiger partial charge in [-0.1, -0.05) is 29.1 Å². The molecule has 0 fully saturated rings. The topological polar surface area (TPSA) is 0 Å². The van der Waals surface area contributed by atoms with Gasteiger partial charge in [-0.15, -0.1) is 5.73 Å². The molecular weight excluding hydrogens is 244 g/mol. The van der Waals surface area contributed by atoms with Gasteiger partial charge in [-0.2, -0.15) is 0 Å². The third-order valence-corrected chi connectivity index (χ3v) is 1.39. The molecule has 0 saturated heterocycles. The first-order chi connectivity index (χ1) is 4.16. The van der Waals surface area contributed by atoms with Crippen molar-refractivity contribution in [2.24, 2.45) is 0 Å². The van der Waals surface area contributed by atoms with E-state index in [1.54, 1.807) is 0 Å². The van der Waals surface area contributed by atoms with Crippen molar-refractivity contribution in [3.63, 3.8) is 0 Å². The quantitative estimate of drug-likeness (QED) is 0.519. The van der Waals surface area contributed by atoms with Crippen molar-refractivity contribution in [1.29, 1.82) is 0 Å². The molecule has 0 aliphatic rings. The second kappa shape index (κ2) is 4.80. The van der Waals surface area contributed by atoms with E-state index in [9.17, 15) is 0 Å². The molecule has 0 N–H and O–H groups in total. The Balaban J connectivity index is 4.01. The second-order valence-corrected chi connectivity index (χ2v) is 3.18. The van der Waals surface area contributed by atoms with Gasteiger partial charge in [0.1, 0.15) is 0 Å². The summed E-state index contributed by atoms with van der Waals surface area (Å²) < 4.78 is 1.65. The van der Waals surface area contributed by atoms with Crippen LogP contribution < -0.4 is 0 Å². The summed E-state index contributed by atoms with van der Waals surface area (Å²) >= 11 is 6.37. The molecule has 48 valence electrons. The lowest BCUT2D eigenvalue weighted by atomic mass is 10.5. The zero-order valence-electron chi connectivity index (χ0n) is 4.82. The summed E-state index contributed by atoms with van der Waals surface area (Å²) in [6, 6.07) is 0. The predicted molar refractivity (Wildman–Crippen MR) is 48.8 cm³/mol. The van der Waals surface area contributed by atoms with Crippen LogP contribution in [0.5, 0.6) is 0 Å². The van der Waals surface area contributed by atoms with E-state index < -0.39 is 0 Å². The predicted octanol–water partition coefficient (Wildman–Crippen LogP) is 3.51. The van der Waals surface area contributed by atoms with E-state index in [2.05, 4.69) is 50.7 Å². The minimum absolute atomic E-state index is 0.822. The molecular formula is C7H6Br2. The minimum atomic E-state index is 0.822. The molecule has 0 radical (unpaired) electrons. The van der Waals surface area contributed by atoms with Gasteiger partial charge in [-0.05, 0) is 28.1 Å². The average molecular weight is 250 g/mol. The largest absolute Gasteiger partial charge is 0.113 e. The second-order valence-electron chi connectivity index (χ2n) is 1.30. The van der Waals surface area contributed by atoms with Crippen molar-refractivity contribution in [2.75, 3.05) is 0 Å². The van der Waals surface area contributed by atoms with Crippen molar-refractivity contribution >= 4 is 31.9 Å². The molecule has 0 aliphatic carbocycles. The van der Waals surface area contributed by atoms with E-state index in [1.165, 1.54) is 0 Å². The van der Waals surface area contributed by atoms with Crippen molar-refractivity contribution in [3.05, 3.63) is 40.0 Å². The van der Waals surface area contributed by atoms with Crippen LogP contribution in [-0.2, 0) is 0 Å². The van der Waals surface area contributed by atoms with Gasteiger partial charge >= 0.3 is 0 Å². The Labute approximate surface area is 71.9 Å². The van der Waals surface area contributed by atoms with Crippen LogP contribution in [-0.4, -0.2) is 0 Å². The highest BCUT2D eigenvalue weighted by Crippen LogP contribution is 2.08. The van der Waals surface area contributed by atoms with Gasteiger partial charge in [0.25, 0.3) is 0 Å². The normalized spacial score (nSPS) is 9.11. The smallest absolute Gasteiger partial charge is 0.0587 e. The lowest BCUT2D eigenvalue weighted by Gasteiger charge is -1.80. The van der Waals surface area contributed by atoms with Crippen LogP contribution in [0.4, 0.5) is 0 Å². The summed E-state index contributed by atoms with van der Waals surface area (Å²) in [7, 11) is 0. The summed E-state index contributed by atoms with van der Waals surface area (Å²) in [5.74, 6) is 0. The van der Waals surface area contributed by atoms with Gasteiger partial charge in [0.2, 0.25) is 0 Å². The molecule has 9 heavy (non-hydrogen) atoms. The third-order valence-electron chi connectivity index (χ3n) is 0.579. The molecule has 0 atom stereocenters. The molecule has 0 amide bonds. The maximum absolute atomic E-state index is 3.61. The Morgan fingerprint density at radius 1 is 1.33 bits per heavy atom. The van der Waals surface area contributed by atoms with E-state index in [1.807, 2.05) is 12.2 Å². The number of allylic oxidation sites excluding steroid dienone is 4. The van der Waals surface area contributed by atoms with E-state index in [0.29, 0.717) is 0 Å². The van der Waals surface area contributed by atoms with Gasteiger partial charge in [0.15, 0.2) is 0 Å². The molecule has 0 unspecified atom stereocenters. The summed E-state index contributed by atoms with van der Waals surface area (Å²) in [6.07, 6.45) is 3.62. The summed E-state index contributed by atoms with van der Waals surface area (Å²) in [5.41, 5.74) is 2.65. The van der Waals surface area contributed by atoms with Crippen molar-refractivity contribution in [3.8, 4) is 0 Å². The highest BCUT2D eigenvalue weighted by atomic mass is 79.9. The first-order valence-electron chi connectivity index (χ1n) is 2.25. The molecule has 0 aliphatic heterocycles. The number of hydrogen-bond acceptors (Lipinski definition) is 0.